The second-order valence-electron chi connectivity index (χ2n) is 5.40. The van der Waals surface area contributed by atoms with Crippen LogP contribution in [0.1, 0.15) is 25.5 Å². The third-order valence-corrected chi connectivity index (χ3v) is 3.49. The summed E-state index contributed by atoms with van der Waals surface area (Å²) in [5, 5.41) is 0. The first-order valence-electron chi connectivity index (χ1n) is 7.23. The molecule has 0 spiro atoms. The monoisotopic (exact) mass is 274 g/mol. The molecule has 0 aliphatic heterocycles. The molecular weight excluding hydrogens is 256 g/mol. The van der Waals surface area contributed by atoms with Crippen LogP contribution in [0, 0.1) is 0 Å². The van der Waals surface area contributed by atoms with Crippen molar-refractivity contribution in [2.45, 2.75) is 19.8 Å². The van der Waals surface area contributed by atoms with Crippen LogP contribution in [0.5, 0.6) is 0 Å². The first-order chi connectivity index (χ1) is 10.2. The molecule has 0 aliphatic carbocycles. The third-order valence-electron chi connectivity index (χ3n) is 3.49. The van der Waals surface area contributed by atoms with Gasteiger partial charge in [-0.05, 0) is 30.2 Å². The van der Waals surface area contributed by atoms with Gasteiger partial charge in [-0.15, -0.1) is 0 Å². The second kappa shape index (κ2) is 5.88. The highest BCUT2D eigenvalue weighted by atomic mass is 14.7. The van der Waals surface area contributed by atoms with Crippen LogP contribution in [0.3, 0.4) is 0 Å². The number of hydrogen-bond donors (Lipinski definition) is 0. The fourth-order valence-electron chi connectivity index (χ4n) is 2.26. The van der Waals surface area contributed by atoms with Crippen molar-refractivity contribution in [1.82, 2.24) is 9.97 Å². The fraction of sp³-hybridized carbons (Fsp3) is 0.158. The lowest BCUT2D eigenvalue weighted by molar-refractivity contribution is 0.824. The molecule has 0 aliphatic rings. The van der Waals surface area contributed by atoms with Crippen molar-refractivity contribution in [3.05, 3.63) is 72.6 Å². The first kappa shape index (κ1) is 13.5. The van der Waals surface area contributed by atoms with Gasteiger partial charge in [-0.2, -0.15) is 0 Å². The summed E-state index contributed by atoms with van der Waals surface area (Å²) in [6.07, 6.45) is 1.90. The Hall–Kier alpha value is -2.48. The molecule has 3 aromatic rings. The summed E-state index contributed by atoms with van der Waals surface area (Å²) in [6, 6.07) is 20.5. The van der Waals surface area contributed by atoms with Gasteiger partial charge in [0.25, 0.3) is 0 Å². The molecule has 0 N–H and O–H groups in total. The Kier molecular flexibility index (Phi) is 3.78. The number of nitrogens with zero attached hydrogens (tertiary/aromatic N) is 2. The highest BCUT2D eigenvalue weighted by Gasteiger charge is 2.05. The van der Waals surface area contributed by atoms with Crippen LogP contribution in [0.15, 0.2) is 66.9 Å². The number of pyridine rings is 2. The van der Waals surface area contributed by atoms with E-state index in [1.165, 1.54) is 0 Å². The van der Waals surface area contributed by atoms with Gasteiger partial charge in [0.15, 0.2) is 0 Å². The normalized spacial score (nSPS) is 10.8. The Balaban J connectivity index is 1.93. The van der Waals surface area contributed by atoms with Crippen molar-refractivity contribution < 1.29 is 0 Å². The SMILES string of the molecule is CC(C)c1cccc(-c2ccc(-c3ccccc3)nc2)n1. The molecule has 3 rings (SSSR count). The Bertz CT molecular complexity index is 716. The Morgan fingerprint density at radius 2 is 1.52 bits per heavy atom. The van der Waals surface area contributed by atoms with E-state index in [1.54, 1.807) is 0 Å². The molecule has 2 aromatic heterocycles. The highest BCUT2D eigenvalue weighted by molar-refractivity contribution is 5.64. The predicted molar refractivity (Wildman–Crippen MR) is 87.0 cm³/mol. The maximum absolute atomic E-state index is 4.70. The maximum atomic E-state index is 4.70. The Labute approximate surface area is 125 Å². The average molecular weight is 274 g/mol. The zero-order chi connectivity index (χ0) is 14.7. The molecule has 2 heteroatoms. The van der Waals surface area contributed by atoms with Crippen LogP contribution >= 0.6 is 0 Å². The Morgan fingerprint density at radius 1 is 0.714 bits per heavy atom. The van der Waals surface area contributed by atoms with Gasteiger partial charge in [0.1, 0.15) is 0 Å². The van der Waals surface area contributed by atoms with E-state index < -0.39 is 0 Å². The zero-order valence-electron chi connectivity index (χ0n) is 12.3. The standard InChI is InChI=1S/C19H18N2/c1-14(2)17-9-6-10-19(21-17)16-11-12-18(20-13-16)15-7-4-3-5-8-15/h3-14H,1-2H3. The van der Waals surface area contributed by atoms with Crippen molar-refractivity contribution in [3.8, 4) is 22.5 Å². The van der Waals surface area contributed by atoms with Crippen LogP contribution in [0.2, 0.25) is 0 Å². The van der Waals surface area contributed by atoms with Crippen molar-refractivity contribution in [2.24, 2.45) is 0 Å². The molecule has 1 aromatic carbocycles. The summed E-state index contributed by atoms with van der Waals surface area (Å²) in [6.45, 7) is 4.31. The zero-order valence-corrected chi connectivity index (χ0v) is 12.3. The van der Waals surface area contributed by atoms with E-state index in [4.69, 9.17) is 4.98 Å². The van der Waals surface area contributed by atoms with Gasteiger partial charge < -0.3 is 0 Å². The molecule has 104 valence electrons. The van der Waals surface area contributed by atoms with E-state index in [0.717, 1.165) is 28.2 Å². The topological polar surface area (TPSA) is 25.8 Å². The van der Waals surface area contributed by atoms with Gasteiger partial charge in [-0.25, -0.2) is 0 Å². The third kappa shape index (κ3) is 3.00. The van der Waals surface area contributed by atoms with Crippen LogP contribution in [-0.4, -0.2) is 9.97 Å². The molecule has 0 fully saturated rings. The van der Waals surface area contributed by atoms with E-state index in [1.807, 2.05) is 36.5 Å². The number of rotatable bonds is 3. The molecule has 2 heterocycles. The minimum Gasteiger partial charge on any atom is -0.256 e. The summed E-state index contributed by atoms with van der Waals surface area (Å²) in [7, 11) is 0. The maximum Gasteiger partial charge on any atom is 0.0720 e. The molecule has 21 heavy (non-hydrogen) atoms. The summed E-state index contributed by atoms with van der Waals surface area (Å²) >= 11 is 0. The first-order valence-corrected chi connectivity index (χ1v) is 7.23. The van der Waals surface area contributed by atoms with E-state index >= 15 is 0 Å². The summed E-state index contributed by atoms with van der Waals surface area (Å²) < 4.78 is 0. The fourth-order valence-corrected chi connectivity index (χ4v) is 2.26. The lowest BCUT2D eigenvalue weighted by Crippen LogP contribution is -1.94. The largest absolute Gasteiger partial charge is 0.256 e. The Morgan fingerprint density at radius 3 is 2.19 bits per heavy atom. The van der Waals surface area contributed by atoms with Gasteiger partial charge in [-0.1, -0.05) is 50.2 Å². The van der Waals surface area contributed by atoms with E-state index in [0.29, 0.717) is 5.92 Å². The molecule has 0 radical (unpaired) electrons. The van der Waals surface area contributed by atoms with Crippen molar-refractivity contribution >= 4 is 0 Å². The van der Waals surface area contributed by atoms with Gasteiger partial charge in [0.2, 0.25) is 0 Å². The van der Waals surface area contributed by atoms with Gasteiger partial charge in [0.05, 0.1) is 11.4 Å². The minimum absolute atomic E-state index is 0.432. The summed E-state index contributed by atoms with van der Waals surface area (Å²) in [4.78, 5) is 9.26. The second-order valence-corrected chi connectivity index (χ2v) is 5.40. The lowest BCUT2D eigenvalue weighted by atomic mass is 10.1. The molecule has 2 nitrogen and oxygen atoms in total. The van der Waals surface area contributed by atoms with Crippen molar-refractivity contribution in [3.63, 3.8) is 0 Å². The average Bonchev–Trinajstić information content (AvgIpc) is 2.56. The van der Waals surface area contributed by atoms with Crippen LogP contribution in [-0.2, 0) is 0 Å². The molecular formula is C19H18N2. The number of aromatic nitrogens is 2. The molecule has 0 amide bonds. The van der Waals surface area contributed by atoms with Crippen molar-refractivity contribution in [1.29, 1.82) is 0 Å². The van der Waals surface area contributed by atoms with Crippen LogP contribution in [0.4, 0.5) is 0 Å². The van der Waals surface area contributed by atoms with E-state index in [-0.39, 0.29) is 0 Å². The van der Waals surface area contributed by atoms with Gasteiger partial charge >= 0.3 is 0 Å². The number of hydrogen-bond acceptors (Lipinski definition) is 2. The lowest BCUT2D eigenvalue weighted by Gasteiger charge is -2.07. The molecule has 0 saturated heterocycles. The predicted octanol–water partition coefficient (Wildman–Crippen LogP) is 4.93. The van der Waals surface area contributed by atoms with E-state index in [9.17, 15) is 0 Å². The van der Waals surface area contributed by atoms with Crippen LogP contribution < -0.4 is 0 Å². The molecule has 0 saturated carbocycles. The smallest absolute Gasteiger partial charge is 0.0720 e. The van der Waals surface area contributed by atoms with Crippen molar-refractivity contribution in [2.75, 3.05) is 0 Å². The van der Waals surface area contributed by atoms with Crippen LogP contribution in [0.25, 0.3) is 22.5 Å². The highest BCUT2D eigenvalue weighted by Crippen LogP contribution is 2.22. The quantitative estimate of drug-likeness (QED) is 0.676. The van der Waals surface area contributed by atoms with Gasteiger partial charge in [-0.3, -0.25) is 9.97 Å². The molecule has 0 unspecified atom stereocenters. The van der Waals surface area contributed by atoms with Gasteiger partial charge in [0, 0.05) is 23.0 Å². The number of benzene rings is 1. The van der Waals surface area contributed by atoms with E-state index in [2.05, 4.69) is 49.2 Å². The molecule has 0 atom stereocenters. The summed E-state index contributed by atoms with van der Waals surface area (Å²) in [5.41, 5.74) is 5.26. The molecule has 0 bridgehead atoms. The summed E-state index contributed by atoms with van der Waals surface area (Å²) in [5.74, 6) is 0.432. The minimum atomic E-state index is 0.432.